The summed E-state index contributed by atoms with van der Waals surface area (Å²) < 4.78 is 6.40. The molecule has 1 atom stereocenters. The van der Waals surface area contributed by atoms with Gasteiger partial charge < -0.3 is 20.2 Å². The number of nitrogens with one attached hydrogen (secondary N) is 2. The maximum absolute atomic E-state index is 10.4. The molecule has 0 saturated carbocycles. The van der Waals surface area contributed by atoms with Gasteiger partial charge in [-0.1, -0.05) is 28.1 Å². The van der Waals surface area contributed by atoms with Crippen LogP contribution in [0.2, 0.25) is 0 Å². The SMILES string of the molecule is OC(CNC(=NCc1ccc(Br)cc1)NCCc1ccco1)c1ccncc1. The molecule has 2 aromatic heterocycles. The third-order valence-electron chi connectivity index (χ3n) is 4.13. The van der Waals surface area contributed by atoms with Gasteiger partial charge in [0.05, 0.1) is 18.9 Å². The fourth-order valence-electron chi connectivity index (χ4n) is 2.59. The quantitative estimate of drug-likeness (QED) is 0.367. The number of guanidine groups is 1. The molecule has 2 heterocycles. The molecule has 0 aliphatic rings. The molecule has 0 aliphatic heterocycles. The minimum Gasteiger partial charge on any atom is -0.469 e. The molecule has 0 spiro atoms. The Morgan fingerprint density at radius 2 is 1.89 bits per heavy atom. The Hall–Kier alpha value is -2.64. The number of halogens is 1. The van der Waals surface area contributed by atoms with E-state index in [4.69, 9.17) is 4.42 Å². The van der Waals surface area contributed by atoms with Crippen molar-refractivity contribution in [1.82, 2.24) is 15.6 Å². The lowest BCUT2D eigenvalue weighted by Gasteiger charge is -2.16. The first-order chi connectivity index (χ1) is 13.7. The Bertz CT molecular complexity index is 852. The van der Waals surface area contributed by atoms with Crippen LogP contribution in [-0.4, -0.2) is 29.1 Å². The highest BCUT2D eigenvalue weighted by Gasteiger charge is 2.08. The van der Waals surface area contributed by atoms with E-state index in [1.807, 2.05) is 36.4 Å². The number of aliphatic hydroxyl groups excluding tert-OH is 1. The van der Waals surface area contributed by atoms with E-state index in [2.05, 4.69) is 36.5 Å². The van der Waals surface area contributed by atoms with Gasteiger partial charge in [0.1, 0.15) is 5.76 Å². The van der Waals surface area contributed by atoms with Crippen molar-refractivity contribution >= 4 is 21.9 Å². The van der Waals surface area contributed by atoms with Gasteiger partial charge in [-0.3, -0.25) is 4.98 Å². The Kier molecular flexibility index (Phi) is 7.63. The number of aliphatic hydroxyl groups is 1. The van der Waals surface area contributed by atoms with Crippen molar-refractivity contribution in [2.75, 3.05) is 13.1 Å². The van der Waals surface area contributed by atoms with Crippen molar-refractivity contribution in [3.05, 3.63) is 88.5 Å². The molecule has 1 aromatic carbocycles. The second-order valence-corrected chi connectivity index (χ2v) is 7.14. The fraction of sp³-hybridized carbons (Fsp3) is 0.238. The number of furan rings is 1. The smallest absolute Gasteiger partial charge is 0.191 e. The molecule has 0 amide bonds. The van der Waals surface area contributed by atoms with Gasteiger partial charge in [-0.25, -0.2) is 4.99 Å². The molecular weight excluding hydrogens is 420 g/mol. The summed E-state index contributed by atoms with van der Waals surface area (Å²) in [7, 11) is 0. The topological polar surface area (TPSA) is 82.7 Å². The normalized spacial score (nSPS) is 12.6. The van der Waals surface area contributed by atoms with Crippen LogP contribution in [0, 0.1) is 0 Å². The Morgan fingerprint density at radius 3 is 2.61 bits per heavy atom. The Balaban J connectivity index is 1.59. The Labute approximate surface area is 172 Å². The molecule has 7 heteroatoms. The van der Waals surface area contributed by atoms with Crippen molar-refractivity contribution in [3.8, 4) is 0 Å². The number of hydrogen-bond donors (Lipinski definition) is 3. The molecule has 3 N–H and O–H groups in total. The number of rotatable bonds is 8. The molecule has 0 saturated heterocycles. The van der Waals surface area contributed by atoms with Gasteiger partial charge in [-0.15, -0.1) is 0 Å². The van der Waals surface area contributed by atoms with Gasteiger partial charge in [0.2, 0.25) is 0 Å². The van der Waals surface area contributed by atoms with Crippen LogP contribution in [0.15, 0.2) is 81.1 Å². The van der Waals surface area contributed by atoms with E-state index in [9.17, 15) is 5.11 Å². The number of benzene rings is 1. The van der Waals surface area contributed by atoms with Gasteiger partial charge in [-0.2, -0.15) is 0 Å². The number of pyridine rings is 1. The number of nitrogens with zero attached hydrogens (tertiary/aromatic N) is 2. The van der Waals surface area contributed by atoms with Crippen LogP contribution in [0.1, 0.15) is 23.0 Å². The van der Waals surface area contributed by atoms with Crippen molar-refractivity contribution in [1.29, 1.82) is 0 Å². The standard InChI is InChI=1S/C21H23BrN4O2/c22-18-5-3-16(4-6-18)14-25-21(24-12-9-19-2-1-13-28-19)26-15-20(27)17-7-10-23-11-8-17/h1-8,10-11,13,20,27H,9,12,14-15H2,(H2,24,25,26). The van der Waals surface area contributed by atoms with E-state index in [0.29, 0.717) is 25.6 Å². The first-order valence-electron chi connectivity index (χ1n) is 9.08. The van der Waals surface area contributed by atoms with Gasteiger partial charge in [-0.05, 0) is 47.5 Å². The van der Waals surface area contributed by atoms with Crippen LogP contribution in [-0.2, 0) is 13.0 Å². The first-order valence-corrected chi connectivity index (χ1v) is 9.87. The van der Waals surface area contributed by atoms with Crippen molar-refractivity contribution in [2.45, 2.75) is 19.1 Å². The molecule has 28 heavy (non-hydrogen) atoms. The average Bonchev–Trinajstić information content (AvgIpc) is 3.25. The third kappa shape index (κ3) is 6.51. The van der Waals surface area contributed by atoms with Crippen molar-refractivity contribution in [2.24, 2.45) is 4.99 Å². The summed E-state index contributed by atoms with van der Waals surface area (Å²) in [5.41, 5.74) is 1.91. The largest absolute Gasteiger partial charge is 0.469 e. The van der Waals surface area contributed by atoms with Gasteiger partial charge in [0.15, 0.2) is 5.96 Å². The number of aromatic nitrogens is 1. The molecule has 3 rings (SSSR count). The summed E-state index contributed by atoms with van der Waals surface area (Å²) in [6.45, 7) is 1.55. The molecule has 0 radical (unpaired) electrons. The maximum atomic E-state index is 10.4. The molecule has 3 aromatic rings. The highest BCUT2D eigenvalue weighted by Crippen LogP contribution is 2.12. The maximum Gasteiger partial charge on any atom is 0.191 e. The fourth-order valence-corrected chi connectivity index (χ4v) is 2.85. The van der Waals surface area contributed by atoms with E-state index in [1.54, 1.807) is 30.8 Å². The summed E-state index contributed by atoms with van der Waals surface area (Å²) in [6, 6.07) is 15.5. The lowest BCUT2D eigenvalue weighted by atomic mass is 10.1. The zero-order chi connectivity index (χ0) is 19.6. The minimum atomic E-state index is -0.646. The summed E-state index contributed by atoms with van der Waals surface area (Å²) in [5, 5.41) is 16.9. The molecule has 0 bridgehead atoms. The third-order valence-corrected chi connectivity index (χ3v) is 4.66. The van der Waals surface area contributed by atoms with E-state index in [1.165, 1.54) is 0 Å². The second-order valence-electron chi connectivity index (χ2n) is 6.22. The van der Waals surface area contributed by atoms with Crippen molar-refractivity contribution in [3.63, 3.8) is 0 Å². The van der Waals surface area contributed by atoms with Crippen molar-refractivity contribution < 1.29 is 9.52 Å². The Morgan fingerprint density at radius 1 is 1.11 bits per heavy atom. The second kappa shape index (κ2) is 10.6. The average molecular weight is 443 g/mol. The lowest BCUT2D eigenvalue weighted by molar-refractivity contribution is 0.180. The summed E-state index contributed by atoms with van der Waals surface area (Å²) in [5.74, 6) is 1.55. The van der Waals surface area contributed by atoms with Crippen LogP contribution in [0.4, 0.5) is 0 Å². The van der Waals surface area contributed by atoms with Crippen LogP contribution < -0.4 is 10.6 Å². The molecule has 1 unspecified atom stereocenters. The summed E-state index contributed by atoms with van der Waals surface area (Å²) in [6.07, 6.45) is 5.11. The highest BCUT2D eigenvalue weighted by atomic mass is 79.9. The number of hydrogen-bond acceptors (Lipinski definition) is 4. The molecule has 6 nitrogen and oxygen atoms in total. The zero-order valence-electron chi connectivity index (χ0n) is 15.4. The number of aliphatic imine (C=N–C) groups is 1. The zero-order valence-corrected chi connectivity index (χ0v) is 17.0. The summed E-state index contributed by atoms with van der Waals surface area (Å²) >= 11 is 3.44. The van der Waals surface area contributed by atoms with Gasteiger partial charge >= 0.3 is 0 Å². The predicted octanol–water partition coefficient (Wildman–Crippen LogP) is 3.45. The van der Waals surface area contributed by atoms with Crippen LogP contribution in [0.5, 0.6) is 0 Å². The molecular formula is C21H23BrN4O2. The lowest BCUT2D eigenvalue weighted by Crippen LogP contribution is -2.40. The van der Waals surface area contributed by atoms with Crippen LogP contribution in [0.25, 0.3) is 0 Å². The monoisotopic (exact) mass is 442 g/mol. The van der Waals surface area contributed by atoms with Crippen LogP contribution >= 0.6 is 15.9 Å². The van der Waals surface area contributed by atoms with E-state index in [0.717, 1.165) is 27.8 Å². The predicted molar refractivity (Wildman–Crippen MR) is 113 cm³/mol. The molecule has 0 aliphatic carbocycles. The van der Waals surface area contributed by atoms with E-state index < -0.39 is 6.10 Å². The van der Waals surface area contributed by atoms with Gasteiger partial charge in [0, 0.05) is 36.4 Å². The van der Waals surface area contributed by atoms with Crippen LogP contribution in [0.3, 0.4) is 0 Å². The van der Waals surface area contributed by atoms with E-state index in [-0.39, 0.29) is 0 Å². The highest BCUT2D eigenvalue weighted by molar-refractivity contribution is 9.10. The van der Waals surface area contributed by atoms with Gasteiger partial charge in [0.25, 0.3) is 0 Å². The summed E-state index contributed by atoms with van der Waals surface area (Å²) in [4.78, 5) is 8.61. The van der Waals surface area contributed by atoms with E-state index >= 15 is 0 Å². The molecule has 146 valence electrons. The first kappa shape index (κ1) is 20.1. The minimum absolute atomic E-state index is 0.344. The molecule has 0 fully saturated rings.